The van der Waals surface area contributed by atoms with Gasteiger partial charge in [0, 0.05) is 36.0 Å². The molecule has 0 aromatic heterocycles. The molecule has 1 N–H and O–H groups in total. The molecular formula is C28H30N2O2. The molecule has 32 heavy (non-hydrogen) atoms. The van der Waals surface area contributed by atoms with E-state index in [2.05, 4.69) is 64.4 Å². The molecule has 3 aromatic carbocycles. The van der Waals surface area contributed by atoms with Gasteiger partial charge in [-0.15, -0.1) is 0 Å². The van der Waals surface area contributed by atoms with Crippen molar-refractivity contribution in [3.05, 3.63) is 96.1 Å². The van der Waals surface area contributed by atoms with Gasteiger partial charge in [0.25, 0.3) is 0 Å². The Hall–Kier alpha value is -3.11. The number of aromatic carboxylic acids is 1. The van der Waals surface area contributed by atoms with Crippen LogP contribution in [-0.4, -0.2) is 40.6 Å². The Labute approximate surface area is 190 Å². The number of carboxylic acids is 1. The van der Waals surface area contributed by atoms with Crippen LogP contribution >= 0.6 is 0 Å². The molecule has 164 valence electrons. The van der Waals surface area contributed by atoms with Gasteiger partial charge in [-0.2, -0.15) is 0 Å². The highest BCUT2D eigenvalue weighted by Gasteiger charge is 2.42. The molecule has 2 bridgehead atoms. The van der Waals surface area contributed by atoms with Crippen molar-refractivity contribution in [3.8, 4) is 0 Å². The molecule has 0 radical (unpaired) electrons. The fraction of sp³-hybridized carbons (Fsp3) is 0.321. The van der Waals surface area contributed by atoms with Gasteiger partial charge in [0.1, 0.15) is 0 Å². The van der Waals surface area contributed by atoms with Crippen LogP contribution in [0.3, 0.4) is 0 Å². The van der Waals surface area contributed by atoms with Crippen molar-refractivity contribution in [1.82, 2.24) is 4.90 Å². The number of hydrogen-bond donors (Lipinski definition) is 1. The molecule has 2 aliphatic rings. The Kier molecular flexibility index (Phi) is 5.95. The Bertz CT molecular complexity index is 1020. The Balaban J connectivity index is 1.36. The standard InChI is InChI=1S/C28H30N2O2/c31-28(32)22-11-13-24(14-12-22)30(23-9-5-2-6-10-23)27-19-25-15-16-26(20-27)29(25)18-17-21-7-3-1-4-8-21/h1-14,25-27H,15-20H2,(H,31,32)/t25-,26+,27?. The van der Waals surface area contributed by atoms with E-state index in [4.69, 9.17) is 0 Å². The van der Waals surface area contributed by atoms with Crippen molar-refractivity contribution < 1.29 is 9.90 Å². The first-order valence-electron chi connectivity index (χ1n) is 11.7. The van der Waals surface area contributed by atoms with Crippen LogP contribution in [0, 0.1) is 0 Å². The third-order valence-electron chi connectivity index (χ3n) is 7.15. The third kappa shape index (κ3) is 4.28. The minimum Gasteiger partial charge on any atom is -0.478 e. The molecular weight excluding hydrogens is 396 g/mol. The summed E-state index contributed by atoms with van der Waals surface area (Å²) in [6.07, 6.45) is 5.94. The number of rotatable bonds is 7. The van der Waals surface area contributed by atoms with E-state index in [0.717, 1.165) is 31.5 Å². The smallest absolute Gasteiger partial charge is 0.335 e. The minimum absolute atomic E-state index is 0.331. The number of hydrogen-bond acceptors (Lipinski definition) is 3. The molecule has 4 heteroatoms. The lowest BCUT2D eigenvalue weighted by Crippen LogP contribution is -2.50. The van der Waals surface area contributed by atoms with Crippen LogP contribution in [0.15, 0.2) is 84.9 Å². The zero-order chi connectivity index (χ0) is 21.9. The maximum atomic E-state index is 11.3. The van der Waals surface area contributed by atoms with Crippen LogP contribution in [0.5, 0.6) is 0 Å². The van der Waals surface area contributed by atoms with E-state index in [9.17, 15) is 9.90 Å². The summed E-state index contributed by atoms with van der Waals surface area (Å²) in [5.74, 6) is -0.882. The van der Waals surface area contributed by atoms with Crippen molar-refractivity contribution in [2.45, 2.75) is 50.2 Å². The van der Waals surface area contributed by atoms with Gasteiger partial charge in [-0.3, -0.25) is 4.90 Å². The Morgan fingerprint density at radius 3 is 1.97 bits per heavy atom. The van der Waals surface area contributed by atoms with Gasteiger partial charge in [0.05, 0.1) is 5.56 Å². The minimum atomic E-state index is -0.882. The van der Waals surface area contributed by atoms with Gasteiger partial charge in [0.2, 0.25) is 0 Å². The molecule has 2 saturated heterocycles. The summed E-state index contributed by atoms with van der Waals surface area (Å²) < 4.78 is 0. The fourth-order valence-electron chi connectivity index (χ4n) is 5.65. The van der Waals surface area contributed by atoms with Crippen molar-refractivity contribution in [1.29, 1.82) is 0 Å². The van der Waals surface area contributed by atoms with E-state index in [-0.39, 0.29) is 0 Å². The summed E-state index contributed by atoms with van der Waals surface area (Å²) in [6, 6.07) is 30.3. The van der Waals surface area contributed by atoms with Crippen molar-refractivity contribution in [3.63, 3.8) is 0 Å². The summed E-state index contributed by atoms with van der Waals surface area (Å²) in [5.41, 5.74) is 4.00. The van der Waals surface area contributed by atoms with Crippen LogP contribution in [0.25, 0.3) is 0 Å². The molecule has 1 unspecified atom stereocenters. The van der Waals surface area contributed by atoms with Crippen molar-refractivity contribution in [2.75, 3.05) is 11.4 Å². The lowest BCUT2D eigenvalue weighted by atomic mass is 9.94. The normalized spacial score (nSPS) is 22.6. The highest BCUT2D eigenvalue weighted by molar-refractivity contribution is 5.88. The van der Waals surface area contributed by atoms with Gasteiger partial charge in [0.15, 0.2) is 0 Å². The molecule has 2 aliphatic heterocycles. The first kappa shape index (κ1) is 20.8. The first-order valence-corrected chi connectivity index (χ1v) is 11.7. The predicted molar refractivity (Wildman–Crippen MR) is 129 cm³/mol. The average Bonchev–Trinajstić information content (AvgIpc) is 3.07. The maximum Gasteiger partial charge on any atom is 0.335 e. The van der Waals surface area contributed by atoms with E-state index in [1.165, 1.54) is 24.1 Å². The maximum absolute atomic E-state index is 11.3. The Morgan fingerprint density at radius 1 is 0.812 bits per heavy atom. The number of benzene rings is 3. The van der Waals surface area contributed by atoms with Crippen LogP contribution in [-0.2, 0) is 6.42 Å². The molecule has 0 saturated carbocycles. The SMILES string of the molecule is O=C(O)c1ccc(N(c2ccccc2)C2C[C@H]3CC[C@@H](C2)N3CCc2ccccc2)cc1. The van der Waals surface area contributed by atoms with Gasteiger partial charge in [-0.1, -0.05) is 48.5 Å². The molecule has 0 spiro atoms. The number of anilines is 2. The van der Waals surface area contributed by atoms with Crippen LogP contribution < -0.4 is 4.90 Å². The zero-order valence-corrected chi connectivity index (χ0v) is 18.3. The number of fused-ring (bicyclic) bond motifs is 2. The summed E-state index contributed by atoms with van der Waals surface area (Å²) in [6.45, 7) is 1.13. The summed E-state index contributed by atoms with van der Waals surface area (Å²) >= 11 is 0. The van der Waals surface area contributed by atoms with E-state index in [1.54, 1.807) is 12.1 Å². The number of nitrogens with zero attached hydrogens (tertiary/aromatic N) is 2. The van der Waals surface area contributed by atoms with Crippen molar-refractivity contribution >= 4 is 17.3 Å². The fourth-order valence-corrected chi connectivity index (χ4v) is 5.65. The van der Waals surface area contributed by atoms with Gasteiger partial charge < -0.3 is 10.0 Å². The molecule has 2 heterocycles. The second kappa shape index (κ2) is 9.17. The van der Waals surface area contributed by atoms with Crippen LogP contribution in [0.4, 0.5) is 11.4 Å². The second-order valence-electron chi connectivity index (χ2n) is 9.04. The number of carbonyl (C=O) groups is 1. The van der Waals surface area contributed by atoms with Crippen LogP contribution in [0.2, 0.25) is 0 Å². The van der Waals surface area contributed by atoms with Gasteiger partial charge in [-0.05, 0) is 74.1 Å². The average molecular weight is 427 g/mol. The quantitative estimate of drug-likeness (QED) is 0.522. The first-order chi connectivity index (χ1) is 15.7. The van der Waals surface area contributed by atoms with Crippen LogP contribution in [0.1, 0.15) is 41.6 Å². The summed E-state index contributed by atoms with van der Waals surface area (Å²) in [4.78, 5) is 16.5. The molecule has 5 rings (SSSR count). The molecule has 0 aliphatic carbocycles. The van der Waals surface area contributed by atoms with Crippen molar-refractivity contribution in [2.24, 2.45) is 0 Å². The summed E-state index contributed by atoms with van der Waals surface area (Å²) in [7, 11) is 0. The Morgan fingerprint density at radius 2 is 1.38 bits per heavy atom. The summed E-state index contributed by atoms with van der Waals surface area (Å²) in [5, 5.41) is 9.30. The van der Waals surface area contributed by atoms with E-state index < -0.39 is 5.97 Å². The highest BCUT2D eigenvalue weighted by Crippen LogP contribution is 2.41. The lowest BCUT2D eigenvalue weighted by molar-refractivity contribution is 0.0697. The molecule has 3 aromatic rings. The predicted octanol–water partition coefficient (Wildman–Crippen LogP) is 5.76. The molecule has 2 fully saturated rings. The van der Waals surface area contributed by atoms with E-state index >= 15 is 0 Å². The van der Waals surface area contributed by atoms with Gasteiger partial charge >= 0.3 is 5.97 Å². The monoisotopic (exact) mass is 426 g/mol. The lowest BCUT2D eigenvalue weighted by Gasteiger charge is -2.44. The van der Waals surface area contributed by atoms with E-state index in [1.807, 2.05) is 18.2 Å². The zero-order valence-electron chi connectivity index (χ0n) is 18.3. The molecule has 4 nitrogen and oxygen atoms in total. The van der Waals surface area contributed by atoms with E-state index in [0.29, 0.717) is 23.7 Å². The number of para-hydroxylation sites is 1. The molecule has 0 amide bonds. The molecule has 3 atom stereocenters. The van der Waals surface area contributed by atoms with Gasteiger partial charge in [-0.25, -0.2) is 4.79 Å². The topological polar surface area (TPSA) is 43.8 Å². The second-order valence-corrected chi connectivity index (χ2v) is 9.04. The highest BCUT2D eigenvalue weighted by atomic mass is 16.4. The largest absolute Gasteiger partial charge is 0.478 e. The number of piperidine rings is 1. The number of carboxylic acid groups (broad SMARTS) is 1. The third-order valence-corrected chi connectivity index (χ3v) is 7.15.